The van der Waals surface area contributed by atoms with Crippen molar-refractivity contribution in [3.05, 3.63) is 12.2 Å². The molecule has 0 saturated carbocycles. The molecule has 0 bridgehead atoms. The zero-order valence-electron chi connectivity index (χ0n) is 9.97. The smallest absolute Gasteiger partial charge is 0.252 e. The highest BCUT2D eigenvalue weighted by molar-refractivity contribution is 7.88. The molecule has 0 aliphatic heterocycles. The summed E-state index contributed by atoms with van der Waals surface area (Å²) >= 11 is 0. The van der Waals surface area contributed by atoms with Crippen LogP contribution in [0.25, 0.3) is 11.2 Å². The van der Waals surface area contributed by atoms with E-state index in [0.29, 0.717) is 29.5 Å². The minimum Gasteiger partial charge on any atom is -0.422 e. The van der Waals surface area contributed by atoms with Gasteiger partial charge in [0.1, 0.15) is 6.33 Å². The molecule has 0 aromatic carbocycles. The minimum absolute atomic E-state index is 0.265. The maximum atomic E-state index is 10.9. The number of hydrogen-bond acceptors (Lipinski definition) is 7. The van der Waals surface area contributed by atoms with Gasteiger partial charge in [0.25, 0.3) is 5.71 Å². The summed E-state index contributed by atoms with van der Waals surface area (Å²) in [5, 5.41) is 2.97. The summed E-state index contributed by atoms with van der Waals surface area (Å²) in [5.74, 6) is 1.02. The zero-order chi connectivity index (χ0) is 13.2. The van der Waals surface area contributed by atoms with Crippen molar-refractivity contribution >= 4 is 27.1 Å². The van der Waals surface area contributed by atoms with Gasteiger partial charge in [0.05, 0.1) is 6.26 Å². The third kappa shape index (κ3) is 3.14. The first-order chi connectivity index (χ1) is 8.46. The van der Waals surface area contributed by atoms with Gasteiger partial charge in [-0.15, -0.1) is 0 Å². The van der Waals surface area contributed by atoms with Crippen molar-refractivity contribution < 1.29 is 12.8 Å². The number of aromatic nitrogens is 3. The van der Waals surface area contributed by atoms with E-state index in [-0.39, 0.29) is 6.54 Å². The summed E-state index contributed by atoms with van der Waals surface area (Å²) in [4.78, 5) is 12.1. The highest BCUT2D eigenvalue weighted by atomic mass is 32.2. The molecule has 9 heteroatoms. The van der Waals surface area contributed by atoms with Crippen LogP contribution in [0.5, 0.6) is 0 Å². The number of fused-ring (bicyclic) bond motifs is 1. The molecule has 18 heavy (non-hydrogen) atoms. The summed E-state index contributed by atoms with van der Waals surface area (Å²) in [5.41, 5.74) is 0.940. The maximum absolute atomic E-state index is 10.9. The summed E-state index contributed by atoms with van der Waals surface area (Å²) in [6.07, 6.45) is 2.47. The van der Waals surface area contributed by atoms with Gasteiger partial charge in [0.15, 0.2) is 17.2 Å². The Morgan fingerprint density at radius 2 is 2.11 bits per heavy atom. The lowest BCUT2D eigenvalue weighted by atomic mass is 10.5. The normalized spacial score (nSPS) is 11.9. The number of sulfonamides is 1. The summed E-state index contributed by atoms with van der Waals surface area (Å²) in [7, 11) is -3.17. The topological polar surface area (TPSA) is 110 Å². The third-order valence-corrected chi connectivity index (χ3v) is 2.81. The fraction of sp³-hybridized carbons (Fsp3) is 0.444. The highest BCUT2D eigenvalue weighted by Crippen LogP contribution is 2.18. The van der Waals surface area contributed by atoms with Gasteiger partial charge in [-0.3, -0.25) is 0 Å². The van der Waals surface area contributed by atoms with Crippen LogP contribution >= 0.6 is 0 Å². The Morgan fingerprint density at radius 1 is 1.33 bits per heavy atom. The fourth-order valence-electron chi connectivity index (χ4n) is 1.40. The molecule has 8 nitrogen and oxygen atoms in total. The van der Waals surface area contributed by atoms with Gasteiger partial charge in [-0.25, -0.2) is 23.1 Å². The number of hydrogen-bond donors (Lipinski definition) is 2. The van der Waals surface area contributed by atoms with Gasteiger partial charge >= 0.3 is 0 Å². The second-order valence-corrected chi connectivity index (χ2v) is 5.54. The molecule has 0 unspecified atom stereocenters. The summed E-state index contributed by atoms with van der Waals surface area (Å²) in [6.45, 7) is 2.38. The van der Waals surface area contributed by atoms with Crippen molar-refractivity contribution in [2.45, 2.75) is 6.92 Å². The van der Waals surface area contributed by atoms with Gasteiger partial charge in [-0.1, -0.05) is 0 Å². The number of rotatable bonds is 5. The average Bonchev–Trinajstić information content (AvgIpc) is 2.64. The van der Waals surface area contributed by atoms with Crippen molar-refractivity contribution in [3.8, 4) is 0 Å². The minimum atomic E-state index is -3.17. The molecule has 0 saturated heterocycles. The summed E-state index contributed by atoms with van der Waals surface area (Å²) in [6, 6.07) is 0. The van der Waals surface area contributed by atoms with Crippen LogP contribution in [0.15, 0.2) is 10.7 Å². The molecule has 0 spiro atoms. The average molecular weight is 271 g/mol. The molecule has 0 aliphatic rings. The Kier molecular flexibility index (Phi) is 3.43. The molecule has 0 amide bonds. The molecular formula is C9H13N5O3S. The van der Waals surface area contributed by atoms with E-state index in [4.69, 9.17) is 4.42 Å². The van der Waals surface area contributed by atoms with Gasteiger partial charge in [0, 0.05) is 20.0 Å². The molecule has 98 valence electrons. The van der Waals surface area contributed by atoms with E-state index in [2.05, 4.69) is 25.0 Å². The molecule has 0 aliphatic carbocycles. The van der Waals surface area contributed by atoms with E-state index in [9.17, 15) is 8.42 Å². The van der Waals surface area contributed by atoms with E-state index in [1.165, 1.54) is 6.33 Å². The van der Waals surface area contributed by atoms with Crippen LogP contribution in [-0.4, -0.2) is 42.7 Å². The number of aryl methyl sites for hydroxylation is 1. The quantitative estimate of drug-likeness (QED) is 0.730. The number of nitrogens with one attached hydrogen (secondary N) is 2. The number of anilines is 1. The monoisotopic (exact) mass is 271 g/mol. The second-order valence-electron chi connectivity index (χ2n) is 3.70. The van der Waals surface area contributed by atoms with E-state index in [0.717, 1.165) is 6.26 Å². The Bertz CT molecular complexity index is 651. The van der Waals surface area contributed by atoms with Gasteiger partial charge < -0.3 is 9.73 Å². The van der Waals surface area contributed by atoms with E-state index < -0.39 is 10.0 Å². The largest absolute Gasteiger partial charge is 0.422 e. The summed E-state index contributed by atoms with van der Waals surface area (Å²) < 4.78 is 29.4. The van der Waals surface area contributed by atoms with Crippen molar-refractivity contribution in [3.63, 3.8) is 0 Å². The molecule has 2 rings (SSSR count). The molecule has 2 aromatic rings. The number of nitrogens with zero attached hydrogens (tertiary/aromatic N) is 3. The Hall–Kier alpha value is -1.74. The molecule has 2 aromatic heterocycles. The standard InChI is InChI=1S/C9H13N5O3S/c1-6-14-7-8(11-5-12-9(7)17-6)10-3-4-13-18(2,15)16/h5,13H,3-4H2,1-2H3,(H,10,11,12). The van der Waals surface area contributed by atoms with Crippen LogP contribution in [0.2, 0.25) is 0 Å². The maximum Gasteiger partial charge on any atom is 0.252 e. The van der Waals surface area contributed by atoms with Crippen molar-refractivity contribution in [2.24, 2.45) is 0 Å². The van der Waals surface area contributed by atoms with Crippen LogP contribution in [0, 0.1) is 6.92 Å². The van der Waals surface area contributed by atoms with Crippen LogP contribution < -0.4 is 10.0 Å². The predicted octanol–water partition coefficient (Wildman–Crippen LogP) is -0.113. The fourth-order valence-corrected chi connectivity index (χ4v) is 1.88. The van der Waals surface area contributed by atoms with Crippen molar-refractivity contribution in [1.82, 2.24) is 19.7 Å². The van der Waals surface area contributed by atoms with Crippen molar-refractivity contribution in [1.29, 1.82) is 0 Å². The Balaban J connectivity index is 2.03. The predicted molar refractivity (Wildman–Crippen MR) is 65.7 cm³/mol. The first-order valence-electron chi connectivity index (χ1n) is 5.22. The van der Waals surface area contributed by atoms with Crippen LogP contribution in [0.3, 0.4) is 0 Å². The van der Waals surface area contributed by atoms with Crippen LogP contribution in [0.1, 0.15) is 5.89 Å². The zero-order valence-corrected chi connectivity index (χ0v) is 10.8. The van der Waals surface area contributed by atoms with E-state index in [1.54, 1.807) is 6.92 Å². The molecule has 0 fully saturated rings. The lowest BCUT2D eigenvalue weighted by Crippen LogP contribution is -2.27. The van der Waals surface area contributed by atoms with Gasteiger partial charge in [0.2, 0.25) is 10.0 Å². The van der Waals surface area contributed by atoms with Gasteiger partial charge in [-0.05, 0) is 0 Å². The van der Waals surface area contributed by atoms with Crippen LogP contribution in [-0.2, 0) is 10.0 Å². The Labute approximate surface area is 104 Å². The lowest BCUT2D eigenvalue weighted by molar-refractivity contribution is 0.551. The first-order valence-corrected chi connectivity index (χ1v) is 7.11. The first kappa shape index (κ1) is 12.7. The molecule has 2 heterocycles. The third-order valence-electron chi connectivity index (χ3n) is 2.08. The second kappa shape index (κ2) is 4.86. The van der Waals surface area contributed by atoms with E-state index >= 15 is 0 Å². The van der Waals surface area contributed by atoms with Crippen LogP contribution in [0.4, 0.5) is 5.82 Å². The molecule has 2 N–H and O–H groups in total. The molecule has 0 radical (unpaired) electrons. The Morgan fingerprint density at radius 3 is 2.83 bits per heavy atom. The molecule has 0 atom stereocenters. The highest BCUT2D eigenvalue weighted by Gasteiger charge is 2.09. The van der Waals surface area contributed by atoms with Gasteiger partial charge in [-0.2, -0.15) is 4.98 Å². The number of oxazole rings is 1. The molecular weight excluding hydrogens is 258 g/mol. The lowest BCUT2D eigenvalue weighted by Gasteiger charge is -2.05. The SMILES string of the molecule is Cc1nc2c(NCCNS(C)(=O)=O)ncnc2o1. The van der Waals surface area contributed by atoms with E-state index in [1.807, 2.05) is 0 Å². The van der Waals surface area contributed by atoms with Crippen molar-refractivity contribution in [2.75, 3.05) is 24.7 Å².